The summed E-state index contributed by atoms with van der Waals surface area (Å²) in [5, 5.41) is 14.4. The number of carboxylic acid groups (broad SMARTS) is 1. The SMILES string of the molecule is Cn1nccc1-c1cc(C(=O)O)c2cccc(Cl)c2n1. The van der Waals surface area contributed by atoms with Crippen LogP contribution < -0.4 is 0 Å². The molecular weight excluding hydrogens is 278 g/mol. The summed E-state index contributed by atoms with van der Waals surface area (Å²) in [6.45, 7) is 0. The monoisotopic (exact) mass is 287 g/mol. The van der Waals surface area contributed by atoms with Crippen LogP contribution in [-0.4, -0.2) is 25.8 Å². The van der Waals surface area contributed by atoms with Crippen LogP contribution >= 0.6 is 11.6 Å². The van der Waals surface area contributed by atoms with E-state index in [4.69, 9.17) is 11.6 Å². The maximum absolute atomic E-state index is 11.4. The fourth-order valence-corrected chi connectivity index (χ4v) is 2.36. The third-order valence-corrected chi connectivity index (χ3v) is 3.41. The van der Waals surface area contributed by atoms with Gasteiger partial charge in [-0.25, -0.2) is 9.78 Å². The second-order valence-electron chi connectivity index (χ2n) is 4.34. The number of aromatic nitrogens is 3. The zero-order valence-corrected chi connectivity index (χ0v) is 11.3. The Morgan fingerprint density at radius 1 is 1.35 bits per heavy atom. The van der Waals surface area contributed by atoms with Gasteiger partial charge in [-0.15, -0.1) is 0 Å². The fourth-order valence-electron chi connectivity index (χ4n) is 2.15. The minimum absolute atomic E-state index is 0.175. The number of benzene rings is 1. The van der Waals surface area contributed by atoms with E-state index in [1.54, 1.807) is 42.2 Å². The molecule has 0 amide bonds. The van der Waals surface area contributed by atoms with Crippen LogP contribution in [0.3, 0.4) is 0 Å². The maximum atomic E-state index is 11.4. The van der Waals surface area contributed by atoms with E-state index >= 15 is 0 Å². The number of para-hydroxylation sites is 1. The van der Waals surface area contributed by atoms with Gasteiger partial charge in [-0.05, 0) is 18.2 Å². The summed E-state index contributed by atoms with van der Waals surface area (Å²) in [7, 11) is 1.77. The van der Waals surface area contributed by atoms with Gasteiger partial charge in [-0.2, -0.15) is 5.10 Å². The Bertz CT molecular complexity index is 826. The Labute approximate surface area is 119 Å². The lowest BCUT2D eigenvalue weighted by molar-refractivity contribution is 0.0699. The lowest BCUT2D eigenvalue weighted by atomic mass is 10.1. The van der Waals surface area contributed by atoms with Crippen molar-refractivity contribution in [3.8, 4) is 11.4 Å². The van der Waals surface area contributed by atoms with Crippen LogP contribution in [0.1, 0.15) is 10.4 Å². The molecule has 0 radical (unpaired) electrons. The molecule has 1 aromatic carbocycles. The molecule has 1 N–H and O–H groups in total. The minimum Gasteiger partial charge on any atom is -0.478 e. The number of rotatable bonds is 2. The van der Waals surface area contributed by atoms with Gasteiger partial charge in [-0.3, -0.25) is 4.68 Å². The van der Waals surface area contributed by atoms with Gasteiger partial charge in [0.2, 0.25) is 0 Å². The average Bonchev–Trinajstić information content (AvgIpc) is 2.84. The highest BCUT2D eigenvalue weighted by Crippen LogP contribution is 2.28. The van der Waals surface area contributed by atoms with Crippen molar-refractivity contribution in [2.24, 2.45) is 7.05 Å². The van der Waals surface area contributed by atoms with E-state index in [0.29, 0.717) is 21.6 Å². The Hall–Kier alpha value is -2.40. The van der Waals surface area contributed by atoms with Crippen LogP contribution in [-0.2, 0) is 7.05 Å². The van der Waals surface area contributed by atoms with Gasteiger partial charge in [0, 0.05) is 18.6 Å². The number of aromatic carboxylic acids is 1. The molecule has 20 heavy (non-hydrogen) atoms. The summed E-state index contributed by atoms with van der Waals surface area (Å²) in [6.07, 6.45) is 1.63. The molecule has 0 fully saturated rings. The van der Waals surface area contributed by atoms with Crippen LogP contribution in [0.2, 0.25) is 5.02 Å². The molecule has 0 bridgehead atoms. The zero-order chi connectivity index (χ0) is 14.3. The van der Waals surface area contributed by atoms with Gasteiger partial charge in [0.15, 0.2) is 0 Å². The van der Waals surface area contributed by atoms with E-state index in [1.165, 1.54) is 6.07 Å². The lowest BCUT2D eigenvalue weighted by Gasteiger charge is -2.08. The van der Waals surface area contributed by atoms with Crippen LogP contribution in [0.4, 0.5) is 0 Å². The van der Waals surface area contributed by atoms with Crippen LogP contribution in [0.25, 0.3) is 22.3 Å². The molecule has 2 heterocycles. The first-order chi connectivity index (χ1) is 9.58. The topological polar surface area (TPSA) is 68.0 Å². The van der Waals surface area contributed by atoms with Crippen molar-refractivity contribution in [3.05, 3.63) is 47.1 Å². The van der Waals surface area contributed by atoms with E-state index in [-0.39, 0.29) is 5.56 Å². The number of pyridine rings is 1. The van der Waals surface area contributed by atoms with E-state index in [9.17, 15) is 9.90 Å². The molecule has 100 valence electrons. The number of fused-ring (bicyclic) bond motifs is 1. The van der Waals surface area contributed by atoms with Crippen molar-refractivity contribution in [2.75, 3.05) is 0 Å². The van der Waals surface area contributed by atoms with Crippen molar-refractivity contribution >= 4 is 28.5 Å². The molecule has 5 nitrogen and oxygen atoms in total. The Kier molecular flexibility index (Phi) is 2.91. The summed E-state index contributed by atoms with van der Waals surface area (Å²) in [5.74, 6) is -1.01. The second kappa shape index (κ2) is 4.61. The lowest BCUT2D eigenvalue weighted by Crippen LogP contribution is -2.02. The number of halogens is 1. The highest BCUT2D eigenvalue weighted by atomic mass is 35.5. The van der Waals surface area contributed by atoms with Crippen molar-refractivity contribution in [3.63, 3.8) is 0 Å². The van der Waals surface area contributed by atoms with Gasteiger partial charge in [0.1, 0.15) is 0 Å². The predicted molar refractivity (Wildman–Crippen MR) is 75.9 cm³/mol. The zero-order valence-electron chi connectivity index (χ0n) is 10.5. The van der Waals surface area contributed by atoms with Crippen LogP contribution in [0, 0.1) is 0 Å². The molecule has 0 saturated heterocycles. The second-order valence-corrected chi connectivity index (χ2v) is 4.74. The molecule has 3 aromatic rings. The minimum atomic E-state index is -1.01. The Morgan fingerprint density at radius 3 is 2.80 bits per heavy atom. The third kappa shape index (κ3) is 1.92. The number of carboxylic acids is 1. The van der Waals surface area contributed by atoms with Crippen LogP contribution in [0.15, 0.2) is 36.5 Å². The third-order valence-electron chi connectivity index (χ3n) is 3.10. The van der Waals surface area contributed by atoms with E-state index < -0.39 is 5.97 Å². The summed E-state index contributed by atoms with van der Waals surface area (Å²) in [4.78, 5) is 15.9. The molecule has 0 spiro atoms. The van der Waals surface area contributed by atoms with E-state index in [0.717, 1.165) is 5.69 Å². The van der Waals surface area contributed by atoms with Crippen LogP contribution in [0.5, 0.6) is 0 Å². The van der Waals surface area contributed by atoms with Crippen molar-refractivity contribution < 1.29 is 9.90 Å². The summed E-state index contributed by atoms with van der Waals surface area (Å²) >= 11 is 6.13. The molecule has 2 aromatic heterocycles. The van der Waals surface area contributed by atoms with Gasteiger partial charge < -0.3 is 5.11 Å². The summed E-state index contributed by atoms with van der Waals surface area (Å²) in [6, 6.07) is 8.41. The molecular formula is C14H10ClN3O2. The molecule has 0 aliphatic carbocycles. The Balaban J connectivity index is 2.39. The molecule has 0 saturated carbocycles. The highest BCUT2D eigenvalue weighted by molar-refractivity contribution is 6.35. The first kappa shape index (κ1) is 12.6. The standard InChI is InChI=1S/C14H10ClN3O2/c1-18-12(5-6-16-18)11-7-9(14(19)20)8-3-2-4-10(15)13(8)17-11/h2-7H,1H3,(H,19,20). The molecule has 0 aliphatic heterocycles. The smallest absolute Gasteiger partial charge is 0.336 e. The predicted octanol–water partition coefficient (Wildman–Crippen LogP) is 2.99. The molecule has 0 aliphatic rings. The largest absolute Gasteiger partial charge is 0.478 e. The maximum Gasteiger partial charge on any atom is 0.336 e. The quantitative estimate of drug-likeness (QED) is 0.787. The number of carbonyl (C=O) groups is 1. The Morgan fingerprint density at radius 2 is 2.15 bits per heavy atom. The molecule has 0 atom stereocenters. The number of hydrogen-bond acceptors (Lipinski definition) is 3. The molecule has 6 heteroatoms. The normalized spacial score (nSPS) is 10.9. The summed E-state index contributed by atoms with van der Waals surface area (Å²) in [5.41, 5.74) is 1.91. The van der Waals surface area contributed by atoms with E-state index in [2.05, 4.69) is 10.1 Å². The van der Waals surface area contributed by atoms with Gasteiger partial charge in [-0.1, -0.05) is 23.7 Å². The molecule has 3 rings (SSSR count). The van der Waals surface area contributed by atoms with Gasteiger partial charge in [0.05, 0.1) is 27.5 Å². The average molecular weight is 288 g/mol. The highest BCUT2D eigenvalue weighted by Gasteiger charge is 2.15. The number of aryl methyl sites for hydroxylation is 1. The molecule has 0 unspecified atom stereocenters. The number of hydrogen-bond donors (Lipinski definition) is 1. The fraction of sp³-hybridized carbons (Fsp3) is 0.0714. The first-order valence-corrected chi connectivity index (χ1v) is 6.26. The van der Waals surface area contributed by atoms with Gasteiger partial charge >= 0.3 is 5.97 Å². The van der Waals surface area contributed by atoms with Crippen molar-refractivity contribution in [2.45, 2.75) is 0 Å². The van der Waals surface area contributed by atoms with Gasteiger partial charge in [0.25, 0.3) is 0 Å². The summed E-state index contributed by atoms with van der Waals surface area (Å²) < 4.78 is 1.64. The van der Waals surface area contributed by atoms with Crippen molar-refractivity contribution in [1.82, 2.24) is 14.8 Å². The van der Waals surface area contributed by atoms with Crippen molar-refractivity contribution in [1.29, 1.82) is 0 Å². The number of nitrogens with zero attached hydrogens (tertiary/aromatic N) is 3. The van der Waals surface area contributed by atoms with E-state index in [1.807, 2.05) is 0 Å². The first-order valence-electron chi connectivity index (χ1n) is 5.89.